The predicted octanol–water partition coefficient (Wildman–Crippen LogP) is 2.79. The van der Waals surface area contributed by atoms with Gasteiger partial charge in [0, 0.05) is 19.1 Å². The van der Waals surface area contributed by atoms with Gasteiger partial charge in [-0.05, 0) is 51.1 Å². The highest BCUT2D eigenvalue weighted by molar-refractivity contribution is 5.85. The van der Waals surface area contributed by atoms with E-state index >= 15 is 0 Å². The number of hydrogen-bond donors (Lipinski definition) is 1. The van der Waals surface area contributed by atoms with Gasteiger partial charge in [-0.3, -0.25) is 4.79 Å². The molecule has 2 aliphatic heterocycles. The predicted molar refractivity (Wildman–Crippen MR) is 96.8 cm³/mol. The van der Waals surface area contributed by atoms with Crippen LogP contribution in [0.4, 0.5) is 0 Å². The Kier molecular flexibility index (Phi) is 7.64. The van der Waals surface area contributed by atoms with Crippen LogP contribution >= 0.6 is 12.4 Å². The van der Waals surface area contributed by atoms with E-state index < -0.39 is 0 Å². The van der Waals surface area contributed by atoms with Gasteiger partial charge in [-0.2, -0.15) is 0 Å². The lowest BCUT2D eigenvalue weighted by Crippen LogP contribution is -2.51. The molecule has 2 saturated heterocycles. The molecule has 1 unspecified atom stereocenters. The Labute approximate surface area is 147 Å². The van der Waals surface area contributed by atoms with E-state index in [2.05, 4.69) is 4.90 Å². The standard InChI is InChI=1S/C18H33N3O.ClH/c19-17(14-15-6-2-1-3-7-15)18(22)21-12-8-16(9-13-21)20-10-4-5-11-20;/h15-17H,1-14,19H2;1H. The highest BCUT2D eigenvalue weighted by Gasteiger charge is 2.31. The van der Waals surface area contributed by atoms with Crippen molar-refractivity contribution in [2.24, 2.45) is 11.7 Å². The van der Waals surface area contributed by atoms with Gasteiger partial charge in [0.2, 0.25) is 5.91 Å². The maximum atomic E-state index is 12.6. The van der Waals surface area contributed by atoms with Crippen LogP contribution in [0.25, 0.3) is 0 Å². The molecule has 0 aromatic rings. The number of carbonyl (C=O) groups excluding carboxylic acids is 1. The van der Waals surface area contributed by atoms with Crippen LogP contribution in [-0.4, -0.2) is 54.0 Å². The third-order valence-electron chi connectivity index (χ3n) is 6.06. The minimum atomic E-state index is -0.258. The summed E-state index contributed by atoms with van der Waals surface area (Å²) >= 11 is 0. The lowest BCUT2D eigenvalue weighted by molar-refractivity contribution is -0.134. The molecule has 23 heavy (non-hydrogen) atoms. The second-order valence-electron chi connectivity index (χ2n) is 7.65. The Balaban J connectivity index is 0.00000192. The molecule has 1 aliphatic carbocycles. The van der Waals surface area contributed by atoms with E-state index in [-0.39, 0.29) is 24.4 Å². The van der Waals surface area contributed by atoms with Gasteiger partial charge in [0.25, 0.3) is 0 Å². The Morgan fingerprint density at radius 3 is 2.13 bits per heavy atom. The molecule has 0 radical (unpaired) electrons. The molecule has 1 amide bonds. The molecule has 5 heteroatoms. The fourth-order valence-corrected chi connectivity index (χ4v) is 4.68. The van der Waals surface area contributed by atoms with Crippen molar-refractivity contribution in [3.05, 3.63) is 0 Å². The number of hydrogen-bond acceptors (Lipinski definition) is 3. The number of nitrogens with two attached hydrogens (primary N) is 1. The molecule has 0 bridgehead atoms. The summed E-state index contributed by atoms with van der Waals surface area (Å²) in [5.41, 5.74) is 6.23. The van der Waals surface area contributed by atoms with E-state index in [1.807, 2.05) is 4.90 Å². The normalized spacial score (nSPS) is 26.0. The summed E-state index contributed by atoms with van der Waals surface area (Å²) in [6.07, 6.45) is 12.5. The molecule has 3 aliphatic rings. The van der Waals surface area contributed by atoms with Gasteiger partial charge in [0.1, 0.15) is 0 Å². The zero-order valence-electron chi connectivity index (χ0n) is 14.4. The van der Waals surface area contributed by atoms with E-state index in [9.17, 15) is 4.79 Å². The van der Waals surface area contributed by atoms with Crippen LogP contribution in [0.3, 0.4) is 0 Å². The molecule has 0 aromatic heterocycles. The molecule has 2 N–H and O–H groups in total. The molecule has 0 aromatic carbocycles. The molecule has 4 nitrogen and oxygen atoms in total. The van der Waals surface area contributed by atoms with E-state index in [1.54, 1.807) is 0 Å². The number of halogens is 1. The molecule has 3 fully saturated rings. The zero-order valence-corrected chi connectivity index (χ0v) is 15.2. The van der Waals surface area contributed by atoms with Crippen molar-refractivity contribution in [1.82, 2.24) is 9.80 Å². The van der Waals surface area contributed by atoms with Crippen LogP contribution in [0.2, 0.25) is 0 Å². The van der Waals surface area contributed by atoms with Crippen molar-refractivity contribution in [3.63, 3.8) is 0 Å². The van der Waals surface area contributed by atoms with Gasteiger partial charge in [0.05, 0.1) is 6.04 Å². The van der Waals surface area contributed by atoms with E-state index in [0.717, 1.165) is 32.4 Å². The van der Waals surface area contributed by atoms with Gasteiger partial charge in [-0.15, -0.1) is 12.4 Å². The van der Waals surface area contributed by atoms with Crippen molar-refractivity contribution < 1.29 is 4.79 Å². The molecule has 3 rings (SSSR count). The monoisotopic (exact) mass is 343 g/mol. The molecular formula is C18H34ClN3O. The molecule has 0 spiro atoms. The van der Waals surface area contributed by atoms with Crippen LogP contribution in [0.15, 0.2) is 0 Å². The van der Waals surface area contributed by atoms with E-state index in [1.165, 1.54) is 58.0 Å². The number of piperidine rings is 1. The van der Waals surface area contributed by atoms with Crippen LogP contribution in [-0.2, 0) is 4.79 Å². The molecular weight excluding hydrogens is 310 g/mol. The lowest BCUT2D eigenvalue weighted by Gasteiger charge is -2.38. The Hall–Kier alpha value is -0.320. The SMILES string of the molecule is Cl.NC(CC1CCCCC1)C(=O)N1CCC(N2CCCC2)CC1. The summed E-state index contributed by atoms with van der Waals surface area (Å²) in [5, 5.41) is 0. The van der Waals surface area contributed by atoms with Gasteiger partial charge < -0.3 is 15.5 Å². The maximum Gasteiger partial charge on any atom is 0.239 e. The average molecular weight is 344 g/mol. The number of nitrogens with zero attached hydrogens (tertiary/aromatic N) is 2. The highest BCUT2D eigenvalue weighted by Crippen LogP contribution is 2.28. The summed E-state index contributed by atoms with van der Waals surface area (Å²) in [6, 6.07) is 0.451. The van der Waals surface area contributed by atoms with Gasteiger partial charge in [-0.1, -0.05) is 32.1 Å². The third-order valence-corrected chi connectivity index (χ3v) is 6.06. The Morgan fingerprint density at radius 1 is 0.913 bits per heavy atom. The lowest BCUT2D eigenvalue weighted by atomic mass is 9.84. The average Bonchev–Trinajstić information content (AvgIpc) is 3.10. The first-order valence-electron chi connectivity index (χ1n) is 9.52. The van der Waals surface area contributed by atoms with E-state index in [0.29, 0.717) is 12.0 Å². The topological polar surface area (TPSA) is 49.6 Å². The first kappa shape index (κ1) is 19.0. The molecule has 134 valence electrons. The molecule has 1 saturated carbocycles. The van der Waals surface area contributed by atoms with Gasteiger partial charge in [0.15, 0.2) is 0 Å². The molecule has 2 heterocycles. The second kappa shape index (κ2) is 9.24. The van der Waals surface area contributed by atoms with Crippen molar-refractivity contribution in [1.29, 1.82) is 0 Å². The summed E-state index contributed by atoms with van der Waals surface area (Å²) in [4.78, 5) is 17.3. The van der Waals surface area contributed by atoms with Crippen LogP contribution in [0.5, 0.6) is 0 Å². The fourth-order valence-electron chi connectivity index (χ4n) is 4.68. The second-order valence-corrected chi connectivity index (χ2v) is 7.65. The summed E-state index contributed by atoms with van der Waals surface area (Å²) < 4.78 is 0. The summed E-state index contributed by atoms with van der Waals surface area (Å²) in [7, 11) is 0. The third kappa shape index (κ3) is 5.07. The van der Waals surface area contributed by atoms with Crippen molar-refractivity contribution in [3.8, 4) is 0 Å². The van der Waals surface area contributed by atoms with Crippen LogP contribution in [0, 0.1) is 5.92 Å². The van der Waals surface area contributed by atoms with Crippen molar-refractivity contribution in [2.75, 3.05) is 26.2 Å². The van der Waals surface area contributed by atoms with Gasteiger partial charge >= 0.3 is 0 Å². The van der Waals surface area contributed by atoms with Crippen molar-refractivity contribution >= 4 is 18.3 Å². The Bertz CT molecular complexity index is 359. The maximum absolute atomic E-state index is 12.6. The highest BCUT2D eigenvalue weighted by atomic mass is 35.5. The van der Waals surface area contributed by atoms with Crippen LogP contribution in [0.1, 0.15) is 64.2 Å². The minimum Gasteiger partial charge on any atom is -0.341 e. The van der Waals surface area contributed by atoms with Crippen molar-refractivity contribution in [2.45, 2.75) is 76.3 Å². The van der Waals surface area contributed by atoms with E-state index in [4.69, 9.17) is 5.73 Å². The molecule has 1 atom stereocenters. The zero-order chi connectivity index (χ0) is 15.4. The minimum absolute atomic E-state index is 0. The van der Waals surface area contributed by atoms with Gasteiger partial charge in [-0.25, -0.2) is 0 Å². The number of amides is 1. The summed E-state index contributed by atoms with van der Waals surface area (Å²) in [6.45, 7) is 4.36. The largest absolute Gasteiger partial charge is 0.341 e. The number of carbonyl (C=O) groups is 1. The smallest absolute Gasteiger partial charge is 0.239 e. The quantitative estimate of drug-likeness (QED) is 0.853. The number of rotatable bonds is 4. The Morgan fingerprint density at radius 2 is 1.52 bits per heavy atom. The fraction of sp³-hybridized carbons (Fsp3) is 0.944. The first-order valence-corrected chi connectivity index (χ1v) is 9.52. The first-order chi connectivity index (χ1) is 10.7. The number of likely N-dealkylation sites (tertiary alicyclic amines) is 2. The summed E-state index contributed by atoms with van der Waals surface area (Å²) in [5.74, 6) is 0.903. The van der Waals surface area contributed by atoms with Crippen LogP contribution < -0.4 is 5.73 Å².